The minimum absolute atomic E-state index is 0.323. The molecule has 28 heavy (non-hydrogen) atoms. The first kappa shape index (κ1) is 22.0. The van der Waals surface area contributed by atoms with Gasteiger partial charge in [-0.15, -0.1) is 0 Å². The standard InChI is InChI=1S/C18H19Cl2N3O4S/c1-12(18(24)22-21-11-15-16(19)5-4-6-17(15)20)23(28(3,25)26)13-7-9-14(27-2)10-8-13/h4-12H,1-3H3,(H,22,24)/b21-11+. The Balaban J connectivity index is 2.20. The Morgan fingerprint density at radius 1 is 1.18 bits per heavy atom. The van der Waals surface area contributed by atoms with Crippen LogP contribution in [0.4, 0.5) is 5.69 Å². The topological polar surface area (TPSA) is 88.1 Å². The van der Waals surface area contributed by atoms with E-state index in [1.807, 2.05) is 0 Å². The second-order valence-electron chi connectivity index (χ2n) is 5.80. The van der Waals surface area contributed by atoms with Crippen LogP contribution in [0.3, 0.4) is 0 Å². The lowest BCUT2D eigenvalue weighted by Gasteiger charge is -2.27. The summed E-state index contributed by atoms with van der Waals surface area (Å²) < 4.78 is 30.6. The smallest absolute Gasteiger partial charge is 0.263 e. The minimum Gasteiger partial charge on any atom is -0.497 e. The van der Waals surface area contributed by atoms with Gasteiger partial charge in [0.1, 0.15) is 11.8 Å². The van der Waals surface area contributed by atoms with Gasteiger partial charge in [-0.1, -0.05) is 29.3 Å². The van der Waals surface area contributed by atoms with Crippen molar-refractivity contribution in [2.24, 2.45) is 5.10 Å². The fourth-order valence-corrected chi connectivity index (χ4v) is 4.10. The van der Waals surface area contributed by atoms with E-state index in [1.165, 1.54) is 20.2 Å². The average Bonchev–Trinajstić information content (AvgIpc) is 2.63. The summed E-state index contributed by atoms with van der Waals surface area (Å²) in [5.41, 5.74) is 3.07. The van der Waals surface area contributed by atoms with Gasteiger partial charge in [0.05, 0.1) is 35.3 Å². The fraction of sp³-hybridized carbons (Fsp3) is 0.222. The number of hydrogen-bond acceptors (Lipinski definition) is 5. The van der Waals surface area contributed by atoms with Crippen molar-refractivity contribution in [3.63, 3.8) is 0 Å². The number of nitrogens with zero attached hydrogens (tertiary/aromatic N) is 2. The Labute approximate surface area is 173 Å². The number of hydrazone groups is 1. The van der Waals surface area contributed by atoms with Gasteiger partial charge >= 0.3 is 0 Å². The van der Waals surface area contributed by atoms with E-state index in [2.05, 4.69) is 10.5 Å². The maximum atomic E-state index is 12.5. The monoisotopic (exact) mass is 443 g/mol. The molecule has 0 aromatic heterocycles. The number of carbonyl (C=O) groups is 1. The van der Waals surface area contributed by atoms with Crippen LogP contribution in [0.25, 0.3) is 0 Å². The zero-order valence-corrected chi connectivity index (χ0v) is 17.7. The van der Waals surface area contributed by atoms with Crippen molar-refractivity contribution in [3.8, 4) is 5.75 Å². The predicted molar refractivity (Wildman–Crippen MR) is 112 cm³/mol. The minimum atomic E-state index is -3.73. The van der Waals surface area contributed by atoms with Gasteiger partial charge in [0.15, 0.2) is 0 Å². The number of ether oxygens (including phenoxy) is 1. The quantitative estimate of drug-likeness (QED) is 0.524. The number of nitrogens with one attached hydrogen (secondary N) is 1. The highest BCUT2D eigenvalue weighted by atomic mass is 35.5. The molecule has 0 saturated carbocycles. The van der Waals surface area contributed by atoms with E-state index in [0.29, 0.717) is 27.0 Å². The van der Waals surface area contributed by atoms with Crippen molar-refractivity contribution >= 4 is 51.0 Å². The second-order valence-corrected chi connectivity index (χ2v) is 8.48. The van der Waals surface area contributed by atoms with Gasteiger partial charge in [-0.3, -0.25) is 9.10 Å². The average molecular weight is 444 g/mol. The molecular formula is C18H19Cl2N3O4S. The number of methoxy groups -OCH3 is 1. The number of amides is 1. The Bertz CT molecular complexity index is 959. The summed E-state index contributed by atoms with van der Waals surface area (Å²) >= 11 is 12.1. The van der Waals surface area contributed by atoms with Crippen LogP contribution in [0.15, 0.2) is 47.6 Å². The van der Waals surface area contributed by atoms with Crippen LogP contribution in [0, 0.1) is 0 Å². The van der Waals surface area contributed by atoms with Crippen molar-refractivity contribution in [1.82, 2.24) is 5.43 Å². The van der Waals surface area contributed by atoms with Crippen LogP contribution in [0.2, 0.25) is 10.0 Å². The van der Waals surface area contributed by atoms with Crippen LogP contribution in [0.5, 0.6) is 5.75 Å². The SMILES string of the molecule is COc1ccc(N(C(C)C(=O)N/N=C/c2c(Cl)cccc2Cl)S(C)(=O)=O)cc1. The zero-order valence-electron chi connectivity index (χ0n) is 15.4. The van der Waals surface area contributed by atoms with Gasteiger partial charge in [-0.05, 0) is 43.3 Å². The number of anilines is 1. The lowest BCUT2D eigenvalue weighted by Crippen LogP contribution is -2.46. The molecular weight excluding hydrogens is 425 g/mol. The predicted octanol–water partition coefficient (Wildman–Crippen LogP) is 3.31. The van der Waals surface area contributed by atoms with Crippen LogP contribution >= 0.6 is 23.2 Å². The molecule has 0 aliphatic heterocycles. The van der Waals surface area contributed by atoms with Crippen molar-refractivity contribution in [1.29, 1.82) is 0 Å². The first-order valence-corrected chi connectivity index (χ1v) is 10.7. The first-order valence-electron chi connectivity index (χ1n) is 8.05. The highest BCUT2D eigenvalue weighted by Gasteiger charge is 2.29. The van der Waals surface area contributed by atoms with Gasteiger partial charge in [-0.25, -0.2) is 13.8 Å². The molecule has 1 unspecified atom stereocenters. The Kier molecular flexibility index (Phi) is 7.29. The van der Waals surface area contributed by atoms with Crippen molar-refractivity contribution < 1.29 is 17.9 Å². The molecule has 0 spiro atoms. The molecule has 0 fully saturated rings. The highest BCUT2D eigenvalue weighted by molar-refractivity contribution is 7.92. The van der Waals surface area contributed by atoms with Crippen LogP contribution in [-0.2, 0) is 14.8 Å². The Morgan fingerprint density at radius 3 is 2.25 bits per heavy atom. The second kappa shape index (κ2) is 9.27. The number of benzene rings is 2. The first-order chi connectivity index (χ1) is 13.1. The van der Waals surface area contributed by atoms with Gasteiger partial charge in [0.2, 0.25) is 10.0 Å². The largest absolute Gasteiger partial charge is 0.497 e. The van der Waals surface area contributed by atoms with Crippen LogP contribution in [-0.4, -0.2) is 39.9 Å². The lowest BCUT2D eigenvalue weighted by molar-refractivity contribution is -0.121. The molecule has 0 saturated heterocycles. The molecule has 0 radical (unpaired) electrons. The van der Waals surface area contributed by atoms with Gasteiger partial charge < -0.3 is 4.74 Å². The molecule has 0 bridgehead atoms. The number of halogens is 2. The molecule has 2 aromatic carbocycles. The summed E-state index contributed by atoms with van der Waals surface area (Å²) in [5.74, 6) is -0.0591. The van der Waals surface area contributed by atoms with E-state index in [1.54, 1.807) is 42.5 Å². The van der Waals surface area contributed by atoms with E-state index < -0.39 is 22.0 Å². The van der Waals surface area contributed by atoms with E-state index in [9.17, 15) is 13.2 Å². The number of hydrogen-bond donors (Lipinski definition) is 1. The maximum absolute atomic E-state index is 12.5. The van der Waals surface area contributed by atoms with E-state index in [0.717, 1.165) is 10.6 Å². The summed E-state index contributed by atoms with van der Waals surface area (Å²) in [4.78, 5) is 12.5. The molecule has 7 nitrogen and oxygen atoms in total. The van der Waals surface area contributed by atoms with Crippen molar-refractivity contribution in [2.75, 3.05) is 17.7 Å². The van der Waals surface area contributed by atoms with E-state index in [-0.39, 0.29) is 0 Å². The maximum Gasteiger partial charge on any atom is 0.263 e. The van der Waals surface area contributed by atoms with Gasteiger partial charge in [0.25, 0.3) is 5.91 Å². The molecule has 1 N–H and O–H groups in total. The third-order valence-electron chi connectivity index (χ3n) is 3.78. The van der Waals surface area contributed by atoms with E-state index in [4.69, 9.17) is 27.9 Å². The Hall–Kier alpha value is -2.29. The molecule has 0 aliphatic rings. The highest BCUT2D eigenvalue weighted by Crippen LogP contribution is 2.24. The molecule has 150 valence electrons. The molecule has 1 amide bonds. The van der Waals surface area contributed by atoms with Crippen molar-refractivity contribution in [2.45, 2.75) is 13.0 Å². The third kappa shape index (κ3) is 5.37. The summed E-state index contributed by atoms with van der Waals surface area (Å²) in [6.07, 6.45) is 2.32. The van der Waals surface area contributed by atoms with Crippen LogP contribution < -0.4 is 14.5 Å². The Morgan fingerprint density at radius 2 is 1.75 bits per heavy atom. The van der Waals surface area contributed by atoms with Gasteiger partial charge in [0, 0.05) is 5.56 Å². The molecule has 2 aromatic rings. The summed E-state index contributed by atoms with van der Waals surface area (Å²) in [6, 6.07) is 10.2. The number of sulfonamides is 1. The number of carbonyl (C=O) groups excluding carboxylic acids is 1. The summed E-state index contributed by atoms with van der Waals surface area (Å²) in [5, 5.41) is 4.57. The lowest BCUT2D eigenvalue weighted by atomic mass is 10.2. The van der Waals surface area contributed by atoms with E-state index >= 15 is 0 Å². The molecule has 1 atom stereocenters. The summed E-state index contributed by atoms with van der Waals surface area (Å²) in [7, 11) is -2.23. The third-order valence-corrected chi connectivity index (χ3v) is 5.68. The fourth-order valence-electron chi connectivity index (χ4n) is 2.43. The number of rotatable bonds is 7. The molecule has 10 heteroatoms. The normalized spacial score (nSPS) is 12.6. The van der Waals surface area contributed by atoms with Gasteiger partial charge in [-0.2, -0.15) is 5.10 Å². The molecule has 2 rings (SSSR count). The van der Waals surface area contributed by atoms with Crippen LogP contribution in [0.1, 0.15) is 12.5 Å². The van der Waals surface area contributed by atoms with Crippen molar-refractivity contribution in [3.05, 3.63) is 58.1 Å². The zero-order chi connectivity index (χ0) is 20.9. The summed E-state index contributed by atoms with van der Waals surface area (Å²) in [6.45, 7) is 1.46. The molecule has 0 heterocycles. The molecule has 0 aliphatic carbocycles.